The van der Waals surface area contributed by atoms with Gasteiger partial charge in [-0.15, -0.1) is 0 Å². The molecule has 0 rings (SSSR count). The SMILES string of the molecule is CCCCCCCCCCCCCCCCCCCCC(=O)O[C@H](COC(=O)CCCCCCCCCCCCCC(C)C)COC(=O)CCCCCCCCCCC(C)C. The molecule has 0 amide bonds. The molecule has 0 heterocycles. The van der Waals surface area contributed by atoms with Crippen molar-refractivity contribution in [3.63, 3.8) is 0 Å². The van der Waals surface area contributed by atoms with Gasteiger partial charge in [-0.3, -0.25) is 14.4 Å². The predicted molar refractivity (Wildman–Crippen MR) is 261 cm³/mol. The van der Waals surface area contributed by atoms with Crippen LogP contribution in [0, 0.1) is 11.8 Å². The lowest BCUT2D eigenvalue weighted by Gasteiger charge is -2.18. The van der Waals surface area contributed by atoms with E-state index >= 15 is 0 Å². The van der Waals surface area contributed by atoms with Crippen molar-refractivity contribution in [3.8, 4) is 0 Å². The maximum atomic E-state index is 12.8. The molecule has 0 spiro atoms. The van der Waals surface area contributed by atoms with E-state index in [-0.39, 0.29) is 31.1 Å². The molecule has 0 aliphatic heterocycles. The Hall–Kier alpha value is -1.59. The Bertz CT molecular complexity index is 931. The quantitative estimate of drug-likeness (QED) is 0.0344. The topological polar surface area (TPSA) is 78.9 Å². The van der Waals surface area contributed by atoms with Crippen molar-refractivity contribution in [2.75, 3.05) is 13.2 Å². The second-order valence-corrected chi connectivity index (χ2v) is 19.8. The summed E-state index contributed by atoms with van der Waals surface area (Å²) in [6.45, 7) is 11.4. The smallest absolute Gasteiger partial charge is 0.306 e. The van der Waals surface area contributed by atoms with E-state index in [0.29, 0.717) is 19.3 Å². The lowest BCUT2D eigenvalue weighted by atomic mass is 10.0. The summed E-state index contributed by atoms with van der Waals surface area (Å²) >= 11 is 0. The lowest BCUT2D eigenvalue weighted by molar-refractivity contribution is -0.167. The van der Waals surface area contributed by atoms with Crippen LogP contribution in [0.3, 0.4) is 0 Å². The molecule has 0 aromatic heterocycles. The minimum atomic E-state index is -0.762. The first-order valence-corrected chi connectivity index (χ1v) is 27.2. The Morgan fingerprint density at radius 1 is 0.311 bits per heavy atom. The fourth-order valence-electron chi connectivity index (χ4n) is 8.34. The average molecular weight is 863 g/mol. The summed E-state index contributed by atoms with van der Waals surface area (Å²) in [5, 5.41) is 0. The number of ether oxygens (including phenoxy) is 3. The molecule has 0 aromatic rings. The molecule has 0 fully saturated rings. The van der Waals surface area contributed by atoms with E-state index in [0.717, 1.165) is 69.6 Å². The van der Waals surface area contributed by atoms with Crippen LogP contribution in [0.5, 0.6) is 0 Å². The molecular weight excluding hydrogens is 757 g/mol. The molecule has 61 heavy (non-hydrogen) atoms. The van der Waals surface area contributed by atoms with E-state index in [2.05, 4.69) is 34.6 Å². The maximum absolute atomic E-state index is 12.8. The maximum Gasteiger partial charge on any atom is 0.306 e. The van der Waals surface area contributed by atoms with E-state index < -0.39 is 6.10 Å². The summed E-state index contributed by atoms with van der Waals surface area (Å²) in [5.74, 6) is 0.776. The predicted octanol–water partition coefficient (Wildman–Crippen LogP) is 17.7. The van der Waals surface area contributed by atoms with Crippen LogP contribution >= 0.6 is 0 Å². The van der Waals surface area contributed by atoms with E-state index in [1.54, 1.807) is 0 Å². The van der Waals surface area contributed by atoms with Crippen molar-refractivity contribution < 1.29 is 28.6 Å². The molecule has 0 bridgehead atoms. The third-order valence-corrected chi connectivity index (χ3v) is 12.5. The van der Waals surface area contributed by atoms with Crippen molar-refractivity contribution in [1.82, 2.24) is 0 Å². The van der Waals surface area contributed by atoms with Crippen LogP contribution in [0.1, 0.15) is 304 Å². The molecule has 0 unspecified atom stereocenters. The summed E-state index contributed by atoms with van der Waals surface area (Å²) in [4.78, 5) is 38.0. The third kappa shape index (κ3) is 49.3. The Kier molecular flexibility index (Phi) is 46.6. The molecule has 362 valence electrons. The van der Waals surface area contributed by atoms with Gasteiger partial charge in [0, 0.05) is 19.3 Å². The minimum absolute atomic E-state index is 0.0639. The van der Waals surface area contributed by atoms with Gasteiger partial charge in [0.2, 0.25) is 0 Å². The molecule has 6 heteroatoms. The number of carbonyl (C=O) groups is 3. The van der Waals surface area contributed by atoms with Gasteiger partial charge in [-0.2, -0.15) is 0 Å². The largest absolute Gasteiger partial charge is 0.462 e. The monoisotopic (exact) mass is 863 g/mol. The van der Waals surface area contributed by atoms with E-state index in [9.17, 15) is 14.4 Å². The first-order valence-electron chi connectivity index (χ1n) is 27.2. The van der Waals surface area contributed by atoms with Crippen LogP contribution in [0.4, 0.5) is 0 Å². The molecule has 0 aromatic carbocycles. The van der Waals surface area contributed by atoms with E-state index in [1.807, 2.05) is 0 Å². The fraction of sp³-hybridized carbons (Fsp3) is 0.945. The van der Waals surface area contributed by atoms with Crippen LogP contribution < -0.4 is 0 Å². The van der Waals surface area contributed by atoms with Gasteiger partial charge in [-0.1, -0.05) is 266 Å². The van der Waals surface area contributed by atoms with Crippen LogP contribution in [-0.2, 0) is 28.6 Å². The second-order valence-electron chi connectivity index (χ2n) is 19.8. The molecule has 0 saturated carbocycles. The van der Waals surface area contributed by atoms with Crippen molar-refractivity contribution in [2.45, 2.75) is 310 Å². The summed E-state index contributed by atoms with van der Waals surface area (Å²) in [6.07, 6.45) is 49.5. The fourth-order valence-corrected chi connectivity index (χ4v) is 8.34. The Labute approximate surface area is 380 Å². The summed E-state index contributed by atoms with van der Waals surface area (Å²) in [5.41, 5.74) is 0. The molecule has 0 aliphatic carbocycles. The van der Waals surface area contributed by atoms with Gasteiger partial charge in [-0.05, 0) is 31.1 Å². The molecular formula is C55H106O6. The van der Waals surface area contributed by atoms with Crippen LogP contribution in [0.2, 0.25) is 0 Å². The molecule has 6 nitrogen and oxygen atoms in total. The molecule has 0 N–H and O–H groups in total. The molecule has 0 aliphatic rings. The first-order chi connectivity index (χ1) is 29.7. The number of rotatable bonds is 49. The number of carbonyl (C=O) groups excluding carboxylic acids is 3. The van der Waals surface area contributed by atoms with E-state index in [4.69, 9.17) is 14.2 Å². The Balaban J connectivity index is 4.28. The van der Waals surface area contributed by atoms with Crippen molar-refractivity contribution in [3.05, 3.63) is 0 Å². The molecule has 0 radical (unpaired) electrons. The zero-order valence-electron chi connectivity index (χ0n) is 41.8. The van der Waals surface area contributed by atoms with Crippen LogP contribution in [0.25, 0.3) is 0 Å². The van der Waals surface area contributed by atoms with Crippen molar-refractivity contribution in [2.24, 2.45) is 11.8 Å². The van der Waals surface area contributed by atoms with Crippen molar-refractivity contribution >= 4 is 17.9 Å². The molecule has 0 saturated heterocycles. The van der Waals surface area contributed by atoms with Gasteiger partial charge in [0.1, 0.15) is 13.2 Å². The van der Waals surface area contributed by atoms with Gasteiger partial charge in [-0.25, -0.2) is 0 Å². The number of hydrogen-bond acceptors (Lipinski definition) is 6. The molecule has 1 atom stereocenters. The minimum Gasteiger partial charge on any atom is -0.462 e. The second kappa shape index (κ2) is 47.9. The van der Waals surface area contributed by atoms with Gasteiger partial charge >= 0.3 is 17.9 Å². The van der Waals surface area contributed by atoms with Gasteiger partial charge in [0.05, 0.1) is 0 Å². The standard InChI is InChI=1S/C55H106O6/c1-6-7-8-9-10-11-12-13-14-15-16-17-18-21-25-32-37-42-47-55(58)61-52(49-60-54(57)46-41-36-31-27-26-29-34-39-44-51(4)5)48-59-53(56)45-40-35-30-24-22-19-20-23-28-33-38-43-50(2)3/h50-52H,6-49H2,1-5H3/t52-/m1/s1. The van der Waals surface area contributed by atoms with Crippen LogP contribution in [-0.4, -0.2) is 37.2 Å². The summed E-state index contributed by atoms with van der Waals surface area (Å²) in [7, 11) is 0. The van der Waals surface area contributed by atoms with Gasteiger partial charge in [0.15, 0.2) is 6.10 Å². The Morgan fingerprint density at radius 2 is 0.541 bits per heavy atom. The zero-order valence-corrected chi connectivity index (χ0v) is 41.8. The highest BCUT2D eigenvalue weighted by atomic mass is 16.6. The highest BCUT2D eigenvalue weighted by molar-refractivity contribution is 5.71. The van der Waals surface area contributed by atoms with E-state index in [1.165, 1.54) is 193 Å². The number of unbranched alkanes of at least 4 members (excludes halogenated alkanes) is 34. The lowest BCUT2D eigenvalue weighted by Crippen LogP contribution is -2.30. The normalized spacial score (nSPS) is 12.0. The highest BCUT2D eigenvalue weighted by Crippen LogP contribution is 2.18. The first kappa shape index (κ1) is 59.4. The van der Waals surface area contributed by atoms with Gasteiger partial charge < -0.3 is 14.2 Å². The summed E-state index contributed by atoms with van der Waals surface area (Å²) < 4.78 is 16.8. The number of hydrogen-bond donors (Lipinski definition) is 0. The van der Waals surface area contributed by atoms with Crippen LogP contribution in [0.15, 0.2) is 0 Å². The Morgan fingerprint density at radius 3 is 0.803 bits per heavy atom. The zero-order chi connectivity index (χ0) is 44.7. The average Bonchev–Trinajstić information content (AvgIpc) is 3.23. The number of esters is 3. The van der Waals surface area contributed by atoms with Gasteiger partial charge in [0.25, 0.3) is 0 Å². The summed E-state index contributed by atoms with van der Waals surface area (Å²) in [6, 6.07) is 0. The highest BCUT2D eigenvalue weighted by Gasteiger charge is 2.19. The third-order valence-electron chi connectivity index (χ3n) is 12.5. The van der Waals surface area contributed by atoms with Crippen molar-refractivity contribution in [1.29, 1.82) is 0 Å².